The van der Waals surface area contributed by atoms with E-state index in [0.717, 1.165) is 20.9 Å². The van der Waals surface area contributed by atoms with Crippen LogP contribution in [0.4, 0.5) is 0 Å². The average molecular weight is 334 g/mol. The van der Waals surface area contributed by atoms with E-state index in [2.05, 4.69) is 20.9 Å². The number of hydrogen-bond acceptors (Lipinski definition) is 1. The van der Waals surface area contributed by atoms with Crippen LogP contribution in [0.5, 0.6) is 0 Å². The first-order chi connectivity index (χ1) is 9.74. The second-order valence-electron chi connectivity index (χ2n) is 5.88. The van der Waals surface area contributed by atoms with Crippen molar-refractivity contribution in [3.63, 3.8) is 0 Å². The molecule has 0 bridgehead atoms. The second kappa shape index (κ2) is 6.13. The Morgan fingerprint density at radius 3 is 2.70 bits per heavy atom. The van der Waals surface area contributed by atoms with Crippen molar-refractivity contribution in [1.82, 2.24) is 4.98 Å². The second-order valence-corrected chi connectivity index (χ2v) is 6.79. The van der Waals surface area contributed by atoms with E-state index >= 15 is 0 Å². The predicted molar refractivity (Wildman–Crippen MR) is 86.1 cm³/mol. The number of ketones is 1. The van der Waals surface area contributed by atoms with Crippen molar-refractivity contribution in [3.05, 3.63) is 34.4 Å². The van der Waals surface area contributed by atoms with E-state index in [1.165, 1.54) is 38.5 Å². The highest BCUT2D eigenvalue weighted by atomic mass is 79.9. The van der Waals surface area contributed by atoms with E-state index in [-0.39, 0.29) is 0 Å². The van der Waals surface area contributed by atoms with Gasteiger partial charge in [-0.1, -0.05) is 54.5 Å². The number of fused-ring (bicyclic) bond motifs is 1. The zero-order valence-electron chi connectivity index (χ0n) is 11.6. The Hall–Kier alpha value is -1.09. The molecule has 3 heteroatoms. The summed E-state index contributed by atoms with van der Waals surface area (Å²) in [4.78, 5) is 15.8. The van der Waals surface area contributed by atoms with Gasteiger partial charge in [0.05, 0.1) is 0 Å². The zero-order chi connectivity index (χ0) is 13.9. The van der Waals surface area contributed by atoms with Gasteiger partial charge in [-0.3, -0.25) is 4.79 Å². The van der Waals surface area contributed by atoms with Gasteiger partial charge in [-0.05, 0) is 24.1 Å². The van der Waals surface area contributed by atoms with Crippen LogP contribution in [-0.2, 0) is 0 Å². The van der Waals surface area contributed by atoms with Crippen LogP contribution in [0.15, 0.2) is 28.9 Å². The molecule has 2 nitrogen and oxygen atoms in total. The third-order valence-electron chi connectivity index (χ3n) is 4.39. The van der Waals surface area contributed by atoms with Gasteiger partial charge in [0.15, 0.2) is 5.78 Å². The molecular formula is C17H20BrNO. The van der Waals surface area contributed by atoms with Crippen molar-refractivity contribution in [1.29, 1.82) is 0 Å². The summed E-state index contributed by atoms with van der Waals surface area (Å²) in [5.74, 6) is 0.878. The molecule has 106 valence electrons. The number of carbonyl (C=O) groups is 1. The van der Waals surface area contributed by atoms with Crippen LogP contribution in [0.3, 0.4) is 0 Å². The van der Waals surface area contributed by atoms with Gasteiger partial charge in [0, 0.05) is 33.6 Å². The van der Waals surface area contributed by atoms with E-state index in [9.17, 15) is 4.79 Å². The lowest BCUT2D eigenvalue weighted by molar-refractivity contribution is 0.0958. The summed E-state index contributed by atoms with van der Waals surface area (Å²) in [5.41, 5.74) is 1.89. The Labute approximate surface area is 128 Å². The van der Waals surface area contributed by atoms with Gasteiger partial charge in [0.2, 0.25) is 0 Å². The van der Waals surface area contributed by atoms with Crippen molar-refractivity contribution in [2.75, 3.05) is 0 Å². The van der Waals surface area contributed by atoms with Crippen LogP contribution >= 0.6 is 15.9 Å². The van der Waals surface area contributed by atoms with Crippen molar-refractivity contribution in [3.8, 4) is 0 Å². The molecule has 1 aliphatic rings. The molecule has 3 rings (SSSR count). The van der Waals surface area contributed by atoms with Gasteiger partial charge in [0.25, 0.3) is 0 Å². The summed E-state index contributed by atoms with van der Waals surface area (Å²) in [6.07, 6.45) is 10.3. The Kier molecular flexibility index (Phi) is 4.25. The van der Waals surface area contributed by atoms with E-state index in [1.807, 2.05) is 24.4 Å². The fourth-order valence-electron chi connectivity index (χ4n) is 3.26. The minimum Gasteiger partial charge on any atom is -0.360 e. The minimum atomic E-state index is 0.293. The van der Waals surface area contributed by atoms with E-state index < -0.39 is 0 Å². The van der Waals surface area contributed by atoms with Crippen LogP contribution in [-0.4, -0.2) is 10.8 Å². The molecule has 2 aromatic rings. The number of carbonyl (C=O) groups excluding carboxylic acids is 1. The van der Waals surface area contributed by atoms with Gasteiger partial charge in [-0.2, -0.15) is 0 Å². The summed E-state index contributed by atoms with van der Waals surface area (Å²) in [5, 5.41) is 1.04. The lowest BCUT2D eigenvalue weighted by atomic mass is 9.92. The third-order valence-corrected chi connectivity index (χ3v) is 4.89. The predicted octanol–water partition coefficient (Wildman–Crippen LogP) is 5.47. The largest absolute Gasteiger partial charge is 0.360 e. The molecular weight excluding hydrogens is 314 g/mol. The maximum Gasteiger partial charge on any atom is 0.165 e. The van der Waals surface area contributed by atoms with Crippen LogP contribution in [0.25, 0.3) is 10.9 Å². The van der Waals surface area contributed by atoms with Crippen molar-refractivity contribution in [2.45, 2.75) is 44.9 Å². The molecule has 0 spiro atoms. The molecule has 0 radical (unpaired) electrons. The smallest absolute Gasteiger partial charge is 0.165 e. The highest BCUT2D eigenvalue weighted by molar-refractivity contribution is 9.10. The first-order valence-electron chi connectivity index (χ1n) is 7.54. The Bertz CT molecular complexity index is 608. The first kappa shape index (κ1) is 13.9. The lowest BCUT2D eigenvalue weighted by Crippen LogP contribution is -2.08. The summed E-state index contributed by atoms with van der Waals surface area (Å²) in [6.45, 7) is 0. The van der Waals surface area contributed by atoms with Crippen molar-refractivity contribution >= 4 is 32.6 Å². The number of benzene rings is 1. The molecule has 0 aliphatic heterocycles. The fraction of sp³-hybridized carbons (Fsp3) is 0.471. The zero-order valence-corrected chi connectivity index (χ0v) is 13.2. The number of nitrogens with one attached hydrogen (secondary N) is 1. The number of aromatic amines is 1. The first-order valence-corrected chi connectivity index (χ1v) is 8.33. The molecule has 1 saturated carbocycles. The molecule has 1 N–H and O–H groups in total. The van der Waals surface area contributed by atoms with Crippen molar-refractivity contribution in [2.24, 2.45) is 5.92 Å². The minimum absolute atomic E-state index is 0.293. The van der Waals surface area contributed by atoms with Crippen molar-refractivity contribution < 1.29 is 4.79 Å². The van der Waals surface area contributed by atoms with Gasteiger partial charge >= 0.3 is 0 Å². The SMILES string of the molecule is O=C(CC1CCCCCC1)c1c[nH]c2ccc(Br)cc12. The maximum absolute atomic E-state index is 12.6. The Morgan fingerprint density at radius 1 is 1.20 bits per heavy atom. The van der Waals surface area contributed by atoms with Crippen LogP contribution < -0.4 is 0 Å². The van der Waals surface area contributed by atoms with E-state index in [4.69, 9.17) is 0 Å². The number of Topliss-reactive ketones (excluding diaryl/α,β-unsaturated/α-hetero) is 1. The molecule has 1 heterocycles. The number of hydrogen-bond donors (Lipinski definition) is 1. The van der Waals surface area contributed by atoms with Crippen LogP contribution in [0.2, 0.25) is 0 Å². The number of H-pyrrole nitrogens is 1. The van der Waals surface area contributed by atoms with E-state index in [1.54, 1.807) is 0 Å². The fourth-order valence-corrected chi connectivity index (χ4v) is 3.62. The number of aromatic nitrogens is 1. The topological polar surface area (TPSA) is 32.9 Å². The highest BCUT2D eigenvalue weighted by Crippen LogP contribution is 2.29. The molecule has 1 aliphatic carbocycles. The van der Waals surface area contributed by atoms with Gasteiger partial charge in [-0.15, -0.1) is 0 Å². The third kappa shape index (κ3) is 2.98. The Morgan fingerprint density at radius 2 is 1.95 bits per heavy atom. The highest BCUT2D eigenvalue weighted by Gasteiger charge is 2.19. The summed E-state index contributed by atoms with van der Waals surface area (Å²) >= 11 is 3.48. The lowest BCUT2D eigenvalue weighted by Gasteiger charge is -2.12. The molecule has 1 aromatic heterocycles. The standard InChI is InChI=1S/C17H20BrNO/c18-13-7-8-16-14(10-13)15(11-19-16)17(20)9-12-5-3-1-2-4-6-12/h7-8,10-12,19H,1-6,9H2. The van der Waals surface area contributed by atoms with Crippen LogP contribution in [0.1, 0.15) is 55.3 Å². The Balaban J connectivity index is 1.79. The molecule has 0 unspecified atom stereocenters. The molecule has 0 amide bonds. The van der Waals surface area contributed by atoms with Gasteiger partial charge < -0.3 is 4.98 Å². The maximum atomic E-state index is 12.6. The molecule has 1 aromatic carbocycles. The molecule has 0 saturated heterocycles. The van der Waals surface area contributed by atoms with E-state index in [0.29, 0.717) is 18.1 Å². The van der Waals surface area contributed by atoms with Gasteiger partial charge in [0.1, 0.15) is 0 Å². The number of halogens is 1. The quantitative estimate of drug-likeness (QED) is 0.586. The number of rotatable bonds is 3. The summed E-state index contributed by atoms with van der Waals surface area (Å²) in [7, 11) is 0. The normalized spacial score (nSPS) is 17.2. The average Bonchev–Trinajstić information content (AvgIpc) is 2.67. The van der Waals surface area contributed by atoms with Gasteiger partial charge in [-0.25, -0.2) is 0 Å². The molecule has 1 fully saturated rings. The molecule has 20 heavy (non-hydrogen) atoms. The monoisotopic (exact) mass is 333 g/mol. The summed E-state index contributed by atoms with van der Waals surface area (Å²) in [6, 6.07) is 6.05. The van der Waals surface area contributed by atoms with Crippen LogP contribution in [0, 0.1) is 5.92 Å². The molecule has 0 atom stereocenters. The summed E-state index contributed by atoms with van der Waals surface area (Å²) < 4.78 is 1.02.